The van der Waals surface area contributed by atoms with Crippen LogP contribution in [0.3, 0.4) is 0 Å². The first kappa shape index (κ1) is 16.1. The van der Waals surface area contributed by atoms with Gasteiger partial charge in [0.25, 0.3) is 0 Å². The van der Waals surface area contributed by atoms with Crippen molar-refractivity contribution >= 4 is 17.7 Å². The van der Waals surface area contributed by atoms with Crippen molar-refractivity contribution in [3.8, 4) is 0 Å². The van der Waals surface area contributed by atoms with E-state index in [1.54, 1.807) is 6.08 Å². The van der Waals surface area contributed by atoms with Crippen molar-refractivity contribution in [1.29, 1.82) is 0 Å². The summed E-state index contributed by atoms with van der Waals surface area (Å²) in [4.78, 5) is 33.3. The van der Waals surface area contributed by atoms with Gasteiger partial charge in [0.2, 0.25) is 5.92 Å². The molecule has 0 amide bonds. The molecule has 0 aromatic carbocycles. The molecule has 1 aliphatic rings. The Bertz CT molecular complexity index is 482. The highest BCUT2D eigenvalue weighted by molar-refractivity contribution is 6.17. The van der Waals surface area contributed by atoms with Gasteiger partial charge in [0, 0.05) is 0 Å². The monoisotopic (exact) mass is 280 g/mol. The highest BCUT2D eigenvalue weighted by Crippen LogP contribution is 2.40. The number of hydrogen-bond donors (Lipinski definition) is 2. The number of aliphatic carboxylic acids is 2. The van der Waals surface area contributed by atoms with Gasteiger partial charge in [-0.3, -0.25) is 14.4 Å². The van der Waals surface area contributed by atoms with Crippen molar-refractivity contribution in [2.24, 2.45) is 11.3 Å². The molecule has 0 aromatic heterocycles. The molecule has 0 heterocycles. The maximum atomic E-state index is 11.7. The van der Waals surface area contributed by atoms with Crippen LogP contribution in [0.1, 0.15) is 40.0 Å². The molecule has 0 fully saturated rings. The van der Waals surface area contributed by atoms with Gasteiger partial charge < -0.3 is 10.2 Å². The molecule has 20 heavy (non-hydrogen) atoms. The second kappa shape index (κ2) is 6.03. The number of hydrogen-bond acceptors (Lipinski definition) is 3. The van der Waals surface area contributed by atoms with Crippen LogP contribution in [-0.2, 0) is 14.4 Å². The molecule has 0 spiro atoms. The standard InChI is InChI=1S/C15H20O5/c1-9-5-4-8-15(2,3)10(9)6-7-11(16)12(13(17)18)14(19)20/h6-7,12H,4-5,8H2,1-3H3,(H,17,18)(H,19,20)/b7-6+. The van der Waals surface area contributed by atoms with Crippen molar-refractivity contribution in [1.82, 2.24) is 0 Å². The van der Waals surface area contributed by atoms with E-state index in [0.717, 1.165) is 36.5 Å². The molecule has 0 aliphatic heterocycles. The number of rotatable bonds is 5. The topological polar surface area (TPSA) is 91.7 Å². The minimum atomic E-state index is -2.03. The van der Waals surface area contributed by atoms with Crippen molar-refractivity contribution in [2.75, 3.05) is 0 Å². The third kappa shape index (κ3) is 3.56. The van der Waals surface area contributed by atoms with E-state index in [0.29, 0.717) is 0 Å². The Morgan fingerprint density at radius 3 is 2.20 bits per heavy atom. The van der Waals surface area contributed by atoms with Crippen LogP contribution >= 0.6 is 0 Å². The summed E-state index contributed by atoms with van der Waals surface area (Å²) < 4.78 is 0. The van der Waals surface area contributed by atoms with Gasteiger partial charge in [-0.05, 0) is 43.3 Å². The summed E-state index contributed by atoms with van der Waals surface area (Å²) in [5.41, 5.74) is 2.07. The van der Waals surface area contributed by atoms with E-state index in [1.165, 1.54) is 0 Å². The summed E-state index contributed by atoms with van der Waals surface area (Å²) in [5, 5.41) is 17.5. The Labute approximate surface area is 118 Å². The Balaban J connectivity index is 2.99. The van der Waals surface area contributed by atoms with Crippen LogP contribution in [-0.4, -0.2) is 27.9 Å². The molecule has 0 saturated carbocycles. The Kier molecular flexibility index (Phi) is 4.87. The van der Waals surface area contributed by atoms with Gasteiger partial charge in [-0.25, -0.2) is 0 Å². The number of ketones is 1. The predicted octanol–water partition coefficient (Wildman–Crippen LogP) is 2.42. The lowest BCUT2D eigenvalue weighted by Gasteiger charge is -2.32. The van der Waals surface area contributed by atoms with E-state index in [-0.39, 0.29) is 5.41 Å². The molecular weight excluding hydrogens is 260 g/mol. The van der Waals surface area contributed by atoms with Crippen molar-refractivity contribution in [2.45, 2.75) is 40.0 Å². The molecule has 5 nitrogen and oxygen atoms in total. The minimum absolute atomic E-state index is 0.0823. The third-order valence-corrected chi connectivity index (χ3v) is 3.74. The average molecular weight is 280 g/mol. The smallest absolute Gasteiger partial charge is 0.325 e. The molecule has 0 bridgehead atoms. The maximum Gasteiger partial charge on any atom is 0.325 e. The van der Waals surface area contributed by atoms with Crippen LogP contribution in [0.15, 0.2) is 23.3 Å². The molecule has 110 valence electrons. The van der Waals surface area contributed by atoms with Crippen molar-refractivity contribution in [3.63, 3.8) is 0 Å². The fourth-order valence-electron chi connectivity index (χ4n) is 2.62. The first-order valence-electron chi connectivity index (χ1n) is 6.54. The summed E-state index contributed by atoms with van der Waals surface area (Å²) in [6.07, 6.45) is 5.67. The normalized spacial score (nSPS) is 18.6. The van der Waals surface area contributed by atoms with Crippen LogP contribution in [0.4, 0.5) is 0 Å². The number of allylic oxidation sites excluding steroid dienone is 4. The first-order chi connectivity index (χ1) is 9.16. The van der Waals surface area contributed by atoms with Crippen LogP contribution in [0.25, 0.3) is 0 Å². The molecule has 2 N–H and O–H groups in total. The van der Waals surface area contributed by atoms with Crippen molar-refractivity contribution in [3.05, 3.63) is 23.3 Å². The van der Waals surface area contributed by atoms with Crippen LogP contribution in [0.5, 0.6) is 0 Å². The van der Waals surface area contributed by atoms with Crippen LogP contribution < -0.4 is 0 Å². The number of carbonyl (C=O) groups is 3. The summed E-state index contributed by atoms with van der Waals surface area (Å²) in [7, 11) is 0. The molecule has 1 aliphatic carbocycles. The summed E-state index contributed by atoms with van der Waals surface area (Å²) in [5.74, 6) is -6.22. The van der Waals surface area contributed by atoms with Crippen LogP contribution in [0.2, 0.25) is 0 Å². The number of carboxylic acids is 2. The van der Waals surface area contributed by atoms with Gasteiger partial charge >= 0.3 is 11.9 Å². The molecule has 1 rings (SSSR count). The van der Waals surface area contributed by atoms with Gasteiger partial charge in [0.1, 0.15) is 0 Å². The number of carboxylic acid groups (broad SMARTS) is 2. The highest BCUT2D eigenvalue weighted by atomic mass is 16.4. The third-order valence-electron chi connectivity index (χ3n) is 3.74. The van der Waals surface area contributed by atoms with E-state index in [4.69, 9.17) is 10.2 Å². The minimum Gasteiger partial charge on any atom is -0.480 e. The largest absolute Gasteiger partial charge is 0.480 e. The lowest BCUT2D eigenvalue weighted by Crippen LogP contribution is -2.30. The molecule has 0 radical (unpaired) electrons. The fraction of sp³-hybridized carbons (Fsp3) is 0.533. The van der Waals surface area contributed by atoms with E-state index < -0.39 is 23.6 Å². The summed E-state index contributed by atoms with van der Waals surface area (Å²) >= 11 is 0. The zero-order valence-corrected chi connectivity index (χ0v) is 12.0. The summed E-state index contributed by atoms with van der Waals surface area (Å²) in [6, 6.07) is 0. The van der Waals surface area contributed by atoms with Gasteiger partial charge in [-0.2, -0.15) is 0 Å². The first-order valence-corrected chi connectivity index (χ1v) is 6.54. The Morgan fingerprint density at radius 1 is 1.20 bits per heavy atom. The average Bonchev–Trinajstić information content (AvgIpc) is 2.26. The summed E-state index contributed by atoms with van der Waals surface area (Å²) in [6.45, 7) is 6.11. The van der Waals surface area contributed by atoms with E-state index in [2.05, 4.69) is 13.8 Å². The Morgan fingerprint density at radius 2 is 1.75 bits per heavy atom. The fourth-order valence-corrected chi connectivity index (χ4v) is 2.62. The molecule has 0 atom stereocenters. The SMILES string of the molecule is CC1=C(/C=C/C(=O)C(C(=O)O)C(=O)O)C(C)(C)CCC1. The zero-order chi connectivity index (χ0) is 15.5. The Hall–Kier alpha value is -1.91. The lowest BCUT2D eigenvalue weighted by molar-refractivity contribution is -0.156. The molecule has 0 saturated heterocycles. The molecule has 5 heteroatoms. The second-order valence-corrected chi connectivity index (χ2v) is 5.78. The van der Waals surface area contributed by atoms with Gasteiger partial charge in [0.15, 0.2) is 5.78 Å². The van der Waals surface area contributed by atoms with Gasteiger partial charge in [-0.15, -0.1) is 0 Å². The second-order valence-electron chi connectivity index (χ2n) is 5.78. The molecule has 0 aromatic rings. The predicted molar refractivity (Wildman–Crippen MR) is 73.2 cm³/mol. The van der Waals surface area contributed by atoms with E-state index >= 15 is 0 Å². The van der Waals surface area contributed by atoms with Gasteiger partial charge in [-0.1, -0.05) is 25.5 Å². The van der Waals surface area contributed by atoms with E-state index in [9.17, 15) is 14.4 Å². The zero-order valence-electron chi connectivity index (χ0n) is 12.0. The van der Waals surface area contributed by atoms with Gasteiger partial charge in [0.05, 0.1) is 0 Å². The number of carbonyl (C=O) groups excluding carboxylic acids is 1. The highest BCUT2D eigenvalue weighted by Gasteiger charge is 2.33. The quantitative estimate of drug-likeness (QED) is 0.596. The molecule has 0 unspecified atom stereocenters. The molecular formula is C15H20O5. The van der Waals surface area contributed by atoms with E-state index in [1.807, 2.05) is 6.92 Å². The van der Waals surface area contributed by atoms with Crippen LogP contribution in [0, 0.1) is 11.3 Å². The maximum absolute atomic E-state index is 11.7. The lowest BCUT2D eigenvalue weighted by atomic mass is 9.72. The van der Waals surface area contributed by atoms with Crippen molar-refractivity contribution < 1.29 is 24.6 Å².